The first-order valence-corrected chi connectivity index (χ1v) is 9.78. The van der Waals surface area contributed by atoms with Crippen LogP contribution < -0.4 is 0 Å². The molecule has 3 aromatic rings. The summed E-state index contributed by atoms with van der Waals surface area (Å²) >= 11 is 0. The third kappa shape index (κ3) is 3.68. The Labute approximate surface area is 165 Å². The Morgan fingerprint density at radius 3 is 2.43 bits per heavy atom. The van der Waals surface area contributed by atoms with Crippen molar-refractivity contribution in [3.63, 3.8) is 0 Å². The second kappa shape index (κ2) is 7.56. The molecule has 3 heteroatoms. The SMILES string of the molecule is COC(=O)C1(Cc2cc3cc(C#Cc4ccc(C)cc4)ccc3o2)CCCC1. The maximum Gasteiger partial charge on any atom is 0.312 e. The number of furan rings is 1. The number of hydrogen-bond donors (Lipinski definition) is 0. The maximum atomic E-state index is 12.4. The number of benzene rings is 2. The number of aryl methyl sites for hydroxylation is 1. The van der Waals surface area contributed by atoms with Crippen LogP contribution in [0.2, 0.25) is 0 Å². The van der Waals surface area contributed by atoms with Crippen molar-refractivity contribution in [3.8, 4) is 11.8 Å². The summed E-state index contributed by atoms with van der Waals surface area (Å²) in [6, 6.07) is 16.2. The lowest BCUT2D eigenvalue weighted by Gasteiger charge is -2.24. The van der Waals surface area contributed by atoms with Crippen LogP contribution in [0.25, 0.3) is 11.0 Å². The van der Waals surface area contributed by atoms with E-state index >= 15 is 0 Å². The van der Waals surface area contributed by atoms with Crippen molar-refractivity contribution in [2.24, 2.45) is 5.41 Å². The lowest BCUT2D eigenvalue weighted by Crippen LogP contribution is -2.31. The van der Waals surface area contributed by atoms with Crippen LogP contribution in [-0.4, -0.2) is 13.1 Å². The minimum Gasteiger partial charge on any atom is -0.469 e. The zero-order chi connectivity index (χ0) is 19.6. The molecule has 0 spiro atoms. The second-order valence-electron chi connectivity index (χ2n) is 7.74. The number of carbonyl (C=O) groups excluding carboxylic acids is 1. The topological polar surface area (TPSA) is 39.4 Å². The van der Waals surface area contributed by atoms with Crippen LogP contribution in [0.15, 0.2) is 52.9 Å². The van der Waals surface area contributed by atoms with Crippen LogP contribution in [0.5, 0.6) is 0 Å². The quantitative estimate of drug-likeness (QED) is 0.455. The highest BCUT2D eigenvalue weighted by Gasteiger charge is 2.43. The Bertz CT molecular complexity index is 1050. The predicted octanol–water partition coefficient (Wildman–Crippen LogP) is 5.42. The van der Waals surface area contributed by atoms with Gasteiger partial charge >= 0.3 is 5.97 Å². The van der Waals surface area contributed by atoms with Crippen LogP contribution >= 0.6 is 0 Å². The number of esters is 1. The van der Waals surface area contributed by atoms with Crippen molar-refractivity contribution < 1.29 is 13.9 Å². The third-order valence-corrected chi connectivity index (χ3v) is 5.66. The van der Waals surface area contributed by atoms with Gasteiger partial charge in [0.2, 0.25) is 0 Å². The molecule has 142 valence electrons. The van der Waals surface area contributed by atoms with E-state index in [1.54, 1.807) is 0 Å². The minimum atomic E-state index is -0.434. The Morgan fingerprint density at radius 2 is 1.71 bits per heavy atom. The van der Waals surface area contributed by atoms with Crippen molar-refractivity contribution in [2.45, 2.75) is 39.0 Å². The zero-order valence-electron chi connectivity index (χ0n) is 16.4. The number of fused-ring (bicyclic) bond motifs is 1. The van der Waals surface area contributed by atoms with E-state index in [0.29, 0.717) is 6.42 Å². The van der Waals surface area contributed by atoms with Gasteiger partial charge < -0.3 is 9.15 Å². The number of carbonyl (C=O) groups is 1. The molecule has 0 unspecified atom stereocenters. The Hall–Kier alpha value is -2.99. The predicted molar refractivity (Wildman–Crippen MR) is 110 cm³/mol. The van der Waals surface area contributed by atoms with E-state index < -0.39 is 5.41 Å². The van der Waals surface area contributed by atoms with E-state index in [0.717, 1.165) is 53.5 Å². The molecule has 0 radical (unpaired) electrons. The summed E-state index contributed by atoms with van der Waals surface area (Å²) in [5.74, 6) is 7.15. The summed E-state index contributed by atoms with van der Waals surface area (Å²) in [5.41, 5.74) is 3.57. The third-order valence-electron chi connectivity index (χ3n) is 5.66. The van der Waals surface area contributed by atoms with Crippen LogP contribution in [0.1, 0.15) is 48.1 Å². The van der Waals surface area contributed by atoms with Gasteiger partial charge in [-0.2, -0.15) is 0 Å². The number of rotatable bonds is 3. The van der Waals surface area contributed by atoms with Gasteiger partial charge in [-0.3, -0.25) is 4.79 Å². The van der Waals surface area contributed by atoms with Crippen LogP contribution in [0.4, 0.5) is 0 Å². The van der Waals surface area contributed by atoms with Crippen molar-refractivity contribution in [3.05, 3.63) is 71.0 Å². The molecule has 1 heterocycles. The highest BCUT2D eigenvalue weighted by molar-refractivity contribution is 5.81. The van der Waals surface area contributed by atoms with Gasteiger partial charge in [0.1, 0.15) is 11.3 Å². The molecule has 1 aromatic heterocycles. The molecule has 2 aromatic carbocycles. The Kier molecular flexibility index (Phi) is 4.96. The minimum absolute atomic E-state index is 0.116. The van der Waals surface area contributed by atoms with Gasteiger partial charge in [-0.25, -0.2) is 0 Å². The van der Waals surface area contributed by atoms with Gasteiger partial charge in [0.05, 0.1) is 12.5 Å². The van der Waals surface area contributed by atoms with Gasteiger partial charge in [0.15, 0.2) is 0 Å². The molecule has 0 aliphatic heterocycles. The average molecular weight is 372 g/mol. The largest absolute Gasteiger partial charge is 0.469 e. The molecule has 0 atom stereocenters. The molecule has 1 aliphatic carbocycles. The van der Waals surface area contributed by atoms with E-state index in [2.05, 4.69) is 30.9 Å². The molecule has 0 N–H and O–H groups in total. The van der Waals surface area contributed by atoms with Crippen molar-refractivity contribution in [2.75, 3.05) is 7.11 Å². The standard InChI is InChI=1S/C25H24O3/c1-18-5-7-19(8-6-18)9-10-20-11-12-23-21(15-20)16-22(28-23)17-25(24(26)27-2)13-3-4-14-25/h5-8,11-12,15-16H,3-4,13-14,17H2,1-2H3. The first-order valence-electron chi connectivity index (χ1n) is 9.78. The first-order chi connectivity index (χ1) is 13.6. The smallest absolute Gasteiger partial charge is 0.312 e. The monoisotopic (exact) mass is 372 g/mol. The Balaban J connectivity index is 1.58. The van der Waals surface area contributed by atoms with E-state index in [1.165, 1.54) is 12.7 Å². The van der Waals surface area contributed by atoms with Gasteiger partial charge in [-0.05, 0) is 56.2 Å². The molecular weight excluding hydrogens is 348 g/mol. The van der Waals surface area contributed by atoms with Gasteiger partial charge in [-0.1, -0.05) is 42.4 Å². The Morgan fingerprint density at radius 1 is 1.04 bits per heavy atom. The highest BCUT2D eigenvalue weighted by Crippen LogP contribution is 2.42. The molecule has 0 bridgehead atoms. The normalized spacial score (nSPS) is 15.2. The zero-order valence-corrected chi connectivity index (χ0v) is 16.4. The van der Waals surface area contributed by atoms with E-state index in [1.807, 2.05) is 36.4 Å². The summed E-state index contributed by atoms with van der Waals surface area (Å²) in [6.07, 6.45) is 4.45. The second-order valence-corrected chi connectivity index (χ2v) is 7.74. The molecule has 3 nitrogen and oxygen atoms in total. The van der Waals surface area contributed by atoms with Gasteiger partial charge in [0, 0.05) is 22.9 Å². The molecule has 1 aliphatic rings. The maximum absolute atomic E-state index is 12.4. The number of hydrogen-bond acceptors (Lipinski definition) is 3. The first kappa shape index (κ1) is 18.4. The van der Waals surface area contributed by atoms with Crippen LogP contribution in [-0.2, 0) is 16.0 Å². The molecule has 1 saturated carbocycles. The summed E-state index contributed by atoms with van der Waals surface area (Å²) in [6.45, 7) is 2.07. The number of methoxy groups -OCH3 is 1. The summed E-state index contributed by atoms with van der Waals surface area (Å²) in [5, 5.41) is 1.02. The lowest BCUT2D eigenvalue weighted by atomic mass is 9.82. The number of ether oxygens (including phenoxy) is 1. The van der Waals surface area contributed by atoms with Crippen molar-refractivity contribution in [1.82, 2.24) is 0 Å². The van der Waals surface area contributed by atoms with Crippen LogP contribution in [0.3, 0.4) is 0 Å². The fourth-order valence-electron chi connectivity index (χ4n) is 4.10. The molecule has 28 heavy (non-hydrogen) atoms. The molecule has 0 saturated heterocycles. The van der Waals surface area contributed by atoms with Crippen molar-refractivity contribution in [1.29, 1.82) is 0 Å². The highest BCUT2D eigenvalue weighted by atomic mass is 16.5. The van der Waals surface area contributed by atoms with E-state index in [9.17, 15) is 4.79 Å². The lowest BCUT2D eigenvalue weighted by molar-refractivity contribution is -0.152. The molecular formula is C25H24O3. The van der Waals surface area contributed by atoms with Crippen molar-refractivity contribution >= 4 is 16.9 Å². The summed E-state index contributed by atoms with van der Waals surface area (Å²) in [7, 11) is 1.47. The molecule has 0 amide bonds. The fraction of sp³-hybridized carbons (Fsp3) is 0.320. The van der Waals surface area contributed by atoms with Crippen LogP contribution in [0, 0.1) is 24.2 Å². The van der Waals surface area contributed by atoms with Gasteiger partial charge in [-0.15, -0.1) is 0 Å². The van der Waals surface area contributed by atoms with E-state index in [-0.39, 0.29) is 5.97 Å². The molecule has 1 fully saturated rings. The average Bonchev–Trinajstić information content (AvgIpc) is 3.34. The fourth-order valence-corrected chi connectivity index (χ4v) is 4.10. The van der Waals surface area contributed by atoms with Gasteiger partial charge in [0.25, 0.3) is 0 Å². The summed E-state index contributed by atoms with van der Waals surface area (Å²) in [4.78, 5) is 12.4. The summed E-state index contributed by atoms with van der Waals surface area (Å²) < 4.78 is 11.1. The van der Waals surface area contributed by atoms with E-state index in [4.69, 9.17) is 9.15 Å². The molecule has 4 rings (SSSR count).